The van der Waals surface area contributed by atoms with Crippen LogP contribution in [-0.4, -0.2) is 16.4 Å². The molecule has 1 aromatic heterocycles. The molecule has 2 aromatic rings. The van der Waals surface area contributed by atoms with E-state index >= 15 is 0 Å². The van der Waals surface area contributed by atoms with Gasteiger partial charge in [0, 0.05) is 18.8 Å². The molecule has 0 spiro atoms. The first-order chi connectivity index (χ1) is 9.74. The quantitative estimate of drug-likeness (QED) is 0.779. The van der Waals surface area contributed by atoms with Gasteiger partial charge in [0.1, 0.15) is 5.15 Å². The first kappa shape index (κ1) is 13.6. The summed E-state index contributed by atoms with van der Waals surface area (Å²) >= 11 is 6.03. The summed E-state index contributed by atoms with van der Waals surface area (Å²) in [7, 11) is 0. The van der Waals surface area contributed by atoms with Crippen LogP contribution in [0.1, 0.15) is 35.6 Å². The highest BCUT2D eigenvalue weighted by molar-refractivity contribution is 6.30. The summed E-state index contributed by atoms with van der Waals surface area (Å²) in [5.41, 5.74) is 3.73. The van der Waals surface area contributed by atoms with Gasteiger partial charge in [-0.3, -0.25) is 4.90 Å². The van der Waals surface area contributed by atoms with Crippen molar-refractivity contribution in [1.82, 2.24) is 9.88 Å². The fourth-order valence-electron chi connectivity index (χ4n) is 2.97. The van der Waals surface area contributed by atoms with Crippen LogP contribution in [0.2, 0.25) is 5.15 Å². The molecule has 1 aromatic carbocycles. The van der Waals surface area contributed by atoms with E-state index in [-0.39, 0.29) is 0 Å². The lowest BCUT2D eigenvalue weighted by atomic mass is 10.0. The number of halogens is 1. The molecule has 1 fully saturated rings. The van der Waals surface area contributed by atoms with Gasteiger partial charge in [0.15, 0.2) is 0 Å². The van der Waals surface area contributed by atoms with Crippen molar-refractivity contribution in [3.63, 3.8) is 0 Å². The molecule has 0 saturated carbocycles. The van der Waals surface area contributed by atoms with Crippen molar-refractivity contribution in [2.24, 2.45) is 0 Å². The van der Waals surface area contributed by atoms with E-state index in [0.29, 0.717) is 11.2 Å². The molecule has 0 unspecified atom stereocenters. The van der Waals surface area contributed by atoms with Crippen molar-refractivity contribution in [3.05, 3.63) is 64.4 Å². The largest absolute Gasteiger partial charge is 0.292 e. The lowest BCUT2D eigenvalue weighted by molar-refractivity contribution is 0.248. The van der Waals surface area contributed by atoms with E-state index < -0.39 is 0 Å². The molecular weight excluding hydrogens is 268 g/mol. The minimum Gasteiger partial charge on any atom is -0.292 e. The van der Waals surface area contributed by atoms with Crippen molar-refractivity contribution in [1.29, 1.82) is 0 Å². The Kier molecular flexibility index (Phi) is 4.04. The van der Waals surface area contributed by atoms with Crippen molar-refractivity contribution in [2.45, 2.75) is 32.4 Å². The minimum atomic E-state index is 0.471. The maximum Gasteiger partial charge on any atom is 0.131 e. The van der Waals surface area contributed by atoms with Gasteiger partial charge in [0.25, 0.3) is 0 Å². The highest BCUT2D eigenvalue weighted by atomic mass is 35.5. The van der Waals surface area contributed by atoms with E-state index in [1.165, 1.54) is 24.0 Å². The van der Waals surface area contributed by atoms with E-state index in [2.05, 4.69) is 46.3 Å². The normalized spacial score (nSPS) is 19.4. The van der Waals surface area contributed by atoms with Crippen LogP contribution < -0.4 is 0 Å². The summed E-state index contributed by atoms with van der Waals surface area (Å²) in [4.78, 5) is 6.84. The maximum atomic E-state index is 6.03. The van der Waals surface area contributed by atoms with E-state index in [4.69, 9.17) is 11.6 Å². The first-order valence-electron chi connectivity index (χ1n) is 7.14. The number of benzene rings is 1. The van der Waals surface area contributed by atoms with Crippen LogP contribution >= 0.6 is 11.6 Å². The van der Waals surface area contributed by atoms with Crippen molar-refractivity contribution < 1.29 is 0 Å². The first-order valence-corrected chi connectivity index (χ1v) is 7.52. The molecule has 0 amide bonds. The Labute approximate surface area is 125 Å². The smallest absolute Gasteiger partial charge is 0.131 e. The summed E-state index contributed by atoms with van der Waals surface area (Å²) in [6, 6.07) is 13.3. The predicted molar refractivity (Wildman–Crippen MR) is 82.8 cm³/mol. The lowest BCUT2D eigenvalue weighted by Gasteiger charge is -2.25. The second kappa shape index (κ2) is 5.94. The second-order valence-corrected chi connectivity index (χ2v) is 5.85. The van der Waals surface area contributed by atoms with E-state index in [1.54, 1.807) is 0 Å². The number of nitrogens with zero attached hydrogens (tertiary/aromatic N) is 2. The van der Waals surface area contributed by atoms with Crippen molar-refractivity contribution in [3.8, 4) is 0 Å². The molecule has 0 aliphatic carbocycles. The third-order valence-electron chi connectivity index (χ3n) is 4.01. The van der Waals surface area contributed by atoms with Gasteiger partial charge in [-0.1, -0.05) is 41.9 Å². The zero-order valence-corrected chi connectivity index (χ0v) is 12.5. The molecule has 3 rings (SSSR count). The number of pyridine rings is 1. The summed E-state index contributed by atoms with van der Waals surface area (Å²) in [6.07, 6.45) is 4.39. The van der Waals surface area contributed by atoms with Crippen molar-refractivity contribution >= 4 is 11.6 Å². The van der Waals surface area contributed by atoms with Crippen LogP contribution in [-0.2, 0) is 6.54 Å². The van der Waals surface area contributed by atoms with E-state index in [9.17, 15) is 0 Å². The number of hydrogen-bond acceptors (Lipinski definition) is 2. The number of aryl methyl sites for hydroxylation is 1. The van der Waals surface area contributed by atoms with Gasteiger partial charge in [0.2, 0.25) is 0 Å². The van der Waals surface area contributed by atoms with Gasteiger partial charge >= 0.3 is 0 Å². The summed E-state index contributed by atoms with van der Waals surface area (Å²) in [6.45, 7) is 4.18. The summed E-state index contributed by atoms with van der Waals surface area (Å²) in [5, 5.41) is 0.612. The molecule has 1 atom stereocenters. The molecule has 1 aliphatic heterocycles. The fraction of sp³-hybridized carbons (Fsp3) is 0.353. The maximum absolute atomic E-state index is 6.03. The van der Waals surface area contributed by atoms with Crippen LogP contribution in [0.5, 0.6) is 0 Å². The highest BCUT2D eigenvalue weighted by Crippen LogP contribution is 2.33. The zero-order valence-electron chi connectivity index (χ0n) is 11.7. The number of aromatic nitrogens is 1. The predicted octanol–water partition coefficient (Wildman–Crippen LogP) is 4.38. The van der Waals surface area contributed by atoms with Gasteiger partial charge in [-0.2, -0.15) is 0 Å². The van der Waals surface area contributed by atoms with Gasteiger partial charge in [-0.25, -0.2) is 4.98 Å². The molecule has 0 radical (unpaired) electrons. The number of likely N-dealkylation sites (tertiary alicyclic amines) is 1. The van der Waals surface area contributed by atoms with Gasteiger partial charge < -0.3 is 0 Å². The molecule has 0 N–H and O–H groups in total. The topological polar surface area (TPSA) is 16.1 Å². The highest BCUT2D eigenvalue weighted by Gasteiger charge is 2.26. The Morgan fingerprint density at radius 1 is 1.30 bits per heavy atom. The van der Waals surface area contributed by atoms with Gasteiger partial charge in [0.05, 0.1) is 0 Å². The SMILES string of the molecule is Cc1cc([C@@H]2CCCN2Cc2ccccc2)cnc1Cl. The second-order valence-electron chi connectivity index (χ2n) is 5.49. The van der Waals surface area contributed by atoms with Gasteiger partial charge in [-0.15, -0.1) is 0 Å². The third kappa shape index (κ3) is 2.87. The Bertz CT molecular complexity index is 583. The third-order valence-corrected chi connectivity index (χ3v) is 4.41. The fourth-order valence-corrected chi connectivity index (χ4v) is 3.08. The molecule has 1 aliphatic rings. The minimum absolute atomic E-state index is 0.471. The van der Waals surface area contributed by atoms with E-state index in [1.807, 2.05) is 13.1 Å². The average molecular weight is 287 g/mol. The summed E-state index contributed by atoms with van der Waals surface area (Å²) in [5.74, 6) is 0. The summed E-state index contributed by atoms with van der Waals surface area (Å²) < 4.78 is 0. The number of rotatable bonds is 3. The Balaban J connectivity index is 1.80. The Morgan fingerprint density at radius 2 is 2.10 bits per heavy atom. The van der Waals surface area contributed by atoms with Gasteiger partial charge in [-0.05, 0) is 49.1 Å². The average Bonchev–Trinajstić information content (AvgIpc) is 2.91. The van der Waals surface area contributed by atoms with Crippen molar-refractivity contribution in [2.75, 3.05) is 6.54 Å². The molecule has 2 nitrogen and oxygen atoms in total. The molecule has 20 heavy (non-hydrogen) atoms. The Hall–Kier alpha value is -1.38. The monoisotopic (exact) mass is 286 g/mol. The van der Waals surface area contributed by atoms with Crippen LogP contribution in [0, 0.1) is 6.92 Å². The van der Waals surface area contributed by atoms with E-state index in [0.717, 1.165) is 18.7 Å². The van der Waals surface area contributed by atoms with Crippen LogP contribution in [0.25, 0.3) is 0 Å². The standard InChI is InChI=1S/C17H19ClN2/c1-13-10-15(11-19-17(13)18)16-8-5-9-20(16)12-14-6-3-2-4-7-14/h2-4,6-7,10-11,16H,5,8-9,12H2,1H3/t16-/m0/s1. The molecule has 1 saturated heterocycles. The lowest BCUT2D eigenvalue weighted by Crippen LogP contribution is -2.22. The Morgan fingerprint density at radius 3 is 2.85 bits per heavy atom. The molecule has 2 heterocycles. The molecule has 0 bridgehead atoms. The van der Waals surface area contributed by atoms with Crippen LogP contribution in [0.4, 0.5) is 0 Å². The van der Waals surface area contributed by atoms with Crippen LogP contribution in [0.3, 0.4) is 0 Å². The zero-order chi connectivity index (χ0) is 13.9. The molecule has 104 valence electrons. The molecule has 3 heteroatoms. The molecular formula is C17H19ClN2. The number of hydrogen-bond donors (Lipinski definition) is 0. The van der Waals surface area contributed by atoms with Crippen LogP contribution in [0.15, 0.2) is 42.6 Å².